The molecule has 0 aliphatic heterocycles. The first-order valence-corrected chi connectivity index (χ1v) is 3.10. The van der Waals surface area contributed by atoms with E-state index in [4.69, 9.17) is 23.5 Å². The van der Waals surface area contributed by atoms with Crippen LogP contribution in [0.5, 0.6) is 0 Å². The average Bonchev–Trinajstić information content (AvgIpc) is 1.63. The molecule has 62 valence electrons. The van der Waals surface area contributed by atoms with Crippen LogP contribution >= 0.6 is 0 Å². The Hall–Kier alpha value is -0.340. The minimum atomic E-state index is -2.61. The SMILES string of the molecule is CC(=O)C(O)O.O=S(O)O. The van der Waals surface area contributed by atoms with Crippen LogP contribution in [0.15, 0.2) is 0 Å². The molecule has 0 saturated carbocycles. The van der Waals surface area contributed by atoms with Crippen molar-refractivity contribution in [3.63, 3.8) is 0 Å². The van der Waals surface area contributed by atoms with E-state index in [1.807, 2.05) is 0 Å². The largest absolute Gasteiger partial charge is 0.362 e. The molecule has 0 amide bonds. The van der Waals surface area contributed by atoms with Gasteiger partial charge < -0.3 is 10.2 Å². The topological polar surface area (TPSA) is 115 Å². The fraction of sp³-hybridized carbons (Fsp3) is 0.667. The van der Waals surface area contributed by atoms with Gasteiger partial charge in [0.25, 0.3) is 11.4 Å². The number of ketones is 1. The molecule has 0 rings (SSSR count). The van der Waals surface area contributed by atoms with Crippen molar-refractivity contribution < 1.29 is 28.3 Å². The highest BCUT2D eigenvalue weighted by atomic mass is 32.2. The average molecular weight is 172 g/mol. The zero-order valence-electron chi connectivity index (χ0n) is 5.09. The summed E-state index contributed by atoms with van der Waals surface area (Å²) in [6, 6.07) is 0. The number of Topliss-reactive ketones (excluding diaryl/α,β-unsaturated/α-hetero) is 1. The summed E-state index contributed by atoms with van der Waals surface area (Å²) in [4.78, 5) is 9.64. The monoisotopic (exact) mass is 172 g/mol. The van der Waals surface area contributed by atoms with Crippen molar-refractivity contribution in [1.29, 1.82) is 0 Å². The second-order valence-electron chi connectivity index (χ2n) is 1.22. The van der Waals surface area contributed by atoms with Gasteiger partial charge in [-0.25, -0.2) is 0 Å². The highest BCUT2D eigenvalue weighted by Crippen LogP contribution is 1.72. The summed E-state index contributed by atoms with van der Waals surface area (Å²) < 4.78 is 22.8. The van der Waals surface area contributed by atoms with E-state index >= 15 is 0 Å². The summed E-state index contributed by atoms with van der Waals surface area (Å²) in [7, 11) is 0. The fourth-order valence-corrected chi connectivity index (χ4v) is 0. The fourth-order valence-electron chi connectivity index (χ4n) is 0. The predicted octanol–water partition coefficient (Wildman–Crippen LogP) is -1.43. The second kappa shape index (κ2) is 6.78. The molecule has 7 heteroatoms. The molecule has 0 spiro atoms. The van der Waals surface area contributed by atoms with Crippen LogP contribution in [0, 0.1) is 0 Å². The first kappa shape index (κ1) is 12.3. The first-order valence-electron chi connectivity index (χ1n) is 2.04. The van der Waals surface area contributed by atoms with Crippen LogP contribution in [0.1, 0.15) is 6.92 Å². The molecule has 10 heavy (non-hydrogen) atoms. The van der Waals surface area contributed by atoms with Gasteiger partial charge in [0.05, 0.1) is 0 Å². The Kier molecular flexibility index (Phi) is 8.37. The van der Waals surface area contributed by atoms with E-state index in [1.165, 1.54) is 0 Å². The third-order valence-corrected chi connectivity index (χ3v) is 0.364. The molecule has 0 heterocycles. The maximum atomic E-state index is 9.64. The van der Waals surface area contributed by atoms with E-state index in [1.54, 1.807) is 0 Å². The van der Waals surface area contributed by atoms with Gasteiger partial charge in [-0.2, -0.15) is 4.21 Å². The molecule has 0 aromatic carbocycles. The van der Waals surface area contributed by atoms with Gasteiger partial charge in [-0.15, -0.1) is 0 Å². The van der Waals surface area contributed by atoms with Crippen LogP contribution in [-0.4, -0.2) is 35.6 Å². The van der Waals surface area contributed by atoms with Gasteiger partial charge in [0, 0.05) is 0 Å². The summed E-state index contributed by atoms with van der Waals surface area (Å²) in [6.45, 7) is 1.10. The van der Waals surface area contributed by atoms with Gasteiger partial charge in [0.1, 0.15) is 0 Å². The number of hydrogen-bond donors (Lipinski definition) is 4. The Morgan fingerprint density at radius 1 is 1.40 bits per heavy atom. The molecular formula is C3H8O6S. The van der Waals surface area contributed by atoms with Crippen LogP contribution in [0.3, 0.4) is 0 Å². The van der Waals surface area contributed by atoms with Crippen molar-refractivity contribution in [3.05, 3.63) is 0 Å². The molecule has 0 aromatic heterocycles. The predicted molar refractivity (Wildman–Crippen MR) is 32.3 cm³/mol. The van der Waals surface area contributed by atoms with Crippen LogP contribution in [0.4, 0.5) is 0 Å². The standard InChI is InChI=1S/C3H6O3.H2O3S/c1-2(4)3(5)6;1-4(2)3/h3,5-6H,1H3;(H2,1,2,3). The van der Waals surface area contributed by atoms with Gasteiger partial charge in [-0.1, -0.05) is 0 Å². The maximum absolute atomic E-state index is 9.64. The molecule has 6 nitrogen and oxygen atoms in total. The third-order valence-electron chi connectivity index (χ3n) is 0.364. The number of carbonyl (C=O) groups excluding carboxylic acids is 1. The highest BCUT2D eigenvalue weighted by molar-refractivity contribution is 7.73. The third kappa shape index (κ3) is 25.4. The van der Waals surface area contributed by atoms with Gasteiger partial charge in [0.15, 0.2) is 5.78 Å². The van der Waals surface area contributed by atoms with Gasteiger partial charge >= 0.3 is 0 Å². The molecule has 0 unspecified atom stereocenters. The van der Waals surface area contributed by atoms with Gasteiger partial charge in [-0.05, 0) is 6.92 Å². The maximum Gasteiger partial charge on any atom is 0.299 e. The van der Waals surface area contributed by atoms with Crippen LogP contribution < -0.4 is 0 Å². The quantitative estimate of drug-likeness (QED) is 0.284. The molecule has 4 N–H and O–H groups in total. The molecule has 0 radical (unpaired) electrons. The van der Waals surface area contributed by atoms with Crippen molar-refractivity contribution in [2.24, 2.45) is 0 Å². The van der Waals surface area contributed by atoms with E-state index in [0.29, 0.717) is 0 Å². The van der Waals surface area contributed by atoms with Crippen molar-refractivity contribution in [2.45, 2.75) is 13.2 Å². The molecule has 0 aliphatic carbocycles. The summed E-state index contributed by atoms with van der Waals surface area (Å²) in [5, 5.41) is 15.7. The van der Waals surface area contributed by atoms with Gasteiger partial charge in [0.2, 0.25) is 6.29 Å². The Morgan fingerprint density at radius 2 is 1.50 bits per heavy atom. The lowest BCUT2D eigenvalue weighted by Gasteiger charge is -1.90. The lowest BCUT2D eigenvalue weighted by Crippen LogP contribution is -2.14. The van der Waals surface area contributed by atoms with E-state index < -0.39 is 23.4 Å². The lowest BCUT2D eigenvalue weighted by molar-refractivity contribution is -0.142. The highest BCUT2D eigenvalue weighted by Gasteiger charge is 1.99. The van der Waals surface area contributed by atoms with Crippen LogP contribution in [0.25, 0.3) is 0 Å². The van der Waals surface area contributed by atoms with Crippen molar-refractivity contribution in [1.82, 2.24) is 0 Å². The summed E-state index contributed by atoms with van der Waals surface area (Å²) >= 11 is -2.61. The van der Waals surface area contributed by atoms with E-state index in [2.05, 4.69) is 0 Å². The van der Waals surface area contributed by atoms with Crippen molar-refractivity contribution in [2.75, 3.05) is 0 Å². The van der Waals surface area contributed by atoms with Crippen LogP contribution in [-0.2, 0) is 16.2 Å². The zero-order valence-corrected chi connectivity index (χ0v) is 5.91. The summed E-state index contributed by atoms with van der Waals surface area (Å²) in [5.74, 6) is -0.630. The lowest BCUT2D eigenvalue weighted by atomic mass is 10.4. The molecule has 0 fully saturated rings. The minimum absolute atomic E-state index is 0.630. The Morgan fingerprint density at radius 3 is 1.50 bits per heavy atom. The number of rotatable bonds is 1. The number of hydrogen-bond acceptors (Lipinski definition) is 4. The molecule has 0 aromatic rings. The summed E-state index contributed by atoms with van der Waals surface area (Å²) in [6.07, 6.45) is -1.79. The van der Waals surface area contributed by atoms with E-state index in [9.17, 15) is 4.79 Å². The zero-order chi connectivity index (χ0) is 8.73. The number of aliphatic hydroxyl groups is 2. The van der Waals surface area contributed by atoms with E-state index in [0.717, 1.165) is 6.92 Å². The van der Waals surface area contributed by atoms with Gasteiger partial charge in [-0.3, -0.25) is 13.9 Å². The number of aliphatic hydroxyl groups excluding tert-OH is 1. The van der Waals surface area contributed by atoms with Crippen molar-refractivity contribution in [3.8, 4) is 0 Å². The van der Waals surface area contributed by atoms with Crippen molar-refractivity contribution >= 4 is 17.1 Å². The smallest absolute Gasteiger partial charge is 0.299 e. The Balaban J connectivity index is 0. The molecular weight excluding hydrogens is 164 g/mol. The summed E-state index contributed by atoms with van der Waals surface area (Å²) in [5.41, 5.74) is 0. The normalized spacial score (nSPS) is 9.10. The molecule has 0 saturated heterocycles. The minimum Gasteiger partial charge on any atom is -0.362 e. The Labute approximate surface area is 59.6 Å². The van der Waals surface area contributed by atoms with E-state index in [-0.39, 0.29) is 0 Å². The van der Waals surface area contributed by atoms with Crippen LogP contribution in [0.2, 0.25) is 0 Å². The second-order valence-corrected chi connectivity index (χ2v) is 1.68. The Bertz CT molecular complexity index is 116. The molecule has 0 bridgehead atoms. The molecule has 0 atom stereocenters. The number of carbonyl (C=O) groups is 1. The molecule has 0 aliphatic rings. The first-order chi connectivity index (χ1) is 4.37.